The van der Waals surface area contributed by atoms with Crippen molar-refractivity contribution < 1.29 is 9.90 Å². The van der Waals surface area contributed by atoms with E-state index in [1.807, 2.05) is 24.3 Å². The lowest BCUT2D eigenvalue weighted by molar-refractivity contribution is 0.0800. The first-order chi connectivity index (χ1) is 9.15. The minimum Gasteiger partial charge on any atom is -0.393 e. The summed E-state index contributed by atoms with van der Waals surface area (Å²) < 4.78 is 0.996. The molecule has 0 saturated carbocycles. The van der Waals surface area contributed by atoms with Gasteiger partial charge >= 0.3 is 0 Å². The van der Waals surface area contributed by atoms with Crippen LogP contribution in [-0.2, 0) is 0 Å². The number of rotatable bonds is 5. The van der Waals surface area contributed by atoms with E-state index < -0.39 is 0 Å². The van der Waals surface area contributed by atoms with Gasteiger partial charge in [0.2, 0.25) is 0 Å². The molecular formula is C15H20BrNO2. The van der Waals surface area contributed by atoms with Gasteiger partial charge < -0.3 is 10.0 Å². The highest BCUT2D eigenvalue weighted by Gasteiger charge is 2.16. The number of halogens is 1. The van der Waals surface area contributed by atoms with E-state index in [-0.39, 0.29) is 11.9 Å². The van der Waals surface area contributed by atoms with Crippen LogP contribution in [0, 0.1) is 0 Å². The molecule has 1 fully saturated rings. The molecule has 0 atom stereocenters. The van der Waals surface area contributed by atoms with E-state index in [4.69, 9.17) is 0 Å². The molecule has 0 aromatic heterocycles. The Kier molecular flexibility index (Phi) is 5.55. The van der Waals surface area contributed by atoms with Gasteiger partial charge in [-0.25, -0.2) is 0 Å². The summed E-state index contributed by atoms with van der Waals surface area (Å²) in [6, 6.07) is 7.53. The molecule has 0 spiro atoms. The molecule has 1 aromatic carbocycles. The lowest BCUT2D eigenvalue weighted by Gasteiger charge is -2.29. The number of ketones is 1. The largest absolute Gasteiger partial charge is 0.393 e. The Morgan fingerprint density at radius 1 is 1.26 bits per heavy atom. The van der Waals surface area contributed by atoms with Crippen molar-refractivity contribution in [2.45, 2.75) is 31.8 Å². The van der Waals surface area contributed by atoms with E-state index in [0.29, 0.717) is 6.42 Å². The third-order valence-electron chi connectivity index (χ3n) is 3.60. The van der Waals surface area contributed by atoms with Crippen molar-refractivity contribution in [2.24, 2.45) is 0 Å². The van der Waals surface area contributed by atoms with Crippen LogP contribution in [0.5, 0.6) is 0 Å². The Balaban J connectivity index is 1.70. The molecule has 1 heterocycles. The third-order valence-corrected chi connectivity index (χ3v) is 4.13. The summed E-state index contributed by atoms with van der Waals surface area (Å²) in [5.41, 5.74) is 0.789. The predicted octanol–water partition coefficient (Wildman–Crippen LogP) is 2.87. The van der Waals surface area contributed by atoms with E-state index in [1.54, 1.807) is 0 Å². The zero-order chi connectivity index (χ0) is 13.7. The minimum atomic E-state index is -0.124. The predicted molar refractivity (Wildman–Crippen MR) is 79.4 cm³/mol. The van der Waals surface area contributed by atoms with Crippen molar-refractivity contribution in [1.29, 1.82) is 0 Å². The smallest absolute Gasteiger partial charge is 0.162 e. The van der Waals surface area contributed by atoms with Crippen molar-refractivity contribution in [1.82, 2.24) is 4.90 Å². The van der Waals surface area contributed by atoms with Gasteiger partial charge in [-0.1, -0.05) is 28.1 Å². The lowest BCUT2D eigenvalue weighted by Crippen LogP contribution is -2.36. The summed E-state index contributed by atoms with van der Waals surface area (Å²) in [5.74, 6) is 0.213. The lowest BCUT2D eigenvalue weighted by atomic mass is 10.1. The molecule has 3 nitrogen and oxygen atoms in total. The molecular weight excluding hydrogens is 306 g/mol. The molecule has 0 bridgehead atoms. The summed E-state index contributed by atoms with van der Waals surface area (Å²) in [7, 11) is 0. The van der Waals surface area contributed by atoms with E-state index in [0.717, 1.165) is 48.9 Å². The van der Waals surface area contributed by atoms with Crippen molar-refractivity contribution >= 4 is 21.7 Å². The molecule has 1 aliphatic heterocycles. The fraction of sp³-hybridized carbons (Fsp3) is 0.533. The Morgan fingerprint density at radius 2 is 1.89 bits per heavy atom. The van der Waals surface area contributed by atoms with Gasteiger partial charge in [-0.15, -0.1) is 0 Å². The van der Waals surface area contributed by atoms with E-state index in [1.165, 1.54) is 0 Å². The number of nitrogens with zero attached hydrogens (tertiary/aromatic N) is 1. The molecule has 0 amide bonds. The zero-order valence-corrected chi connectivity index (χ0v) is 12.6. The Hall–Kier alpha value is -0.710. The van der Waals surface area contributed by atoms with E-state index >= 15 is 0 Å². The van der Waals surface area contributed by atoms with Gasteiger partial charge in [0.15, 0.2) is 5.78 Å². The van der Waals surface area contributed by atoms with E-state index in [9.17, 15) is 9.90 Å². The number of hydrogen-bond acceptors (Lipinski definition) is 3. The van der Waals surface area contributed by atoms with Gasteiger partial charge in [-0.2, -0.15) is 0 Å². The molecule has 0 aliphatic carbocycles. The number of Topliss-reactive ketones (excluding diaryl/α,β-unsaturated/α-hetero) is 1. The van der Waals surface area contributed by atoms with Crippen molar-refractivity contribution in [2.75, 3.05) is 19.6 Å². The van der Waals surface area contributed by atoms with Gasteiger partial charge in [0.05, 0.1) is 6.10 Å². The number of hydrogen-bond donors (Lipinski definition) is 1. The van der Waals surface area contributed by atoms with Crippen LogP contribution >= 0.6 is 15.9 Å². The highest BCUT2D eigenvalue weighted by atomic mass is 79.9. The first-order valence-electron chi connectivity index (χ1n) is 6.84. The first-order valence-corrected chi connectivity index (χ1v) is 7.63. The minimum absolute atomic E-state index is 0.124. The Labute approximate surface area is 122 Å². The fourth-order valence-corrected chi connectivity index (χ4v) is 2.65. The second-order valence-electron chi connectivity index (χ2n) is 5.11. The van der Waals surface area contributed by atoms with E-state index in [2.05, 4.69) is 20.8 Å². The summed E-state index contributed by atoms with van der Waals surface area (Å²) >= 11 is 3.37. The molecule has 19 heavy (non-hydrogen) atoms. The van der Waals surface area contributed by atoms with Crippen molar-refractivity contribution in [3.05, 3.63) is 34.3 Å². The van der Waals surface area contributed by atoms with Gasteiger partial charge in [0.1, 0.15) is 0 Å². The van der Waals surface area contributed by atoms with Crippen LogP contribution in [0.25, 0.3) is 0 Å². The number of aliphatic hydroxyl groups is 1. The van der Waals surface area contributed by atoms with Crippen LogP contribution in [0.15, 0.2) is 28.7 Å². The average molecular weight is 326 g/mol. The normalized spacial score (nSPS) is 17.6. The summed E-state index contributed by atoms with van der Waals surface area (Å²) in [4.78, 5) is 14.3. The quantitative estimate of drug-likeness (QED) is 0.846. The van der Waals surface area contributed by atoms with Gasteiger partial charge in [0, 0.05) is 29.5 Å². The van der Waals surface area contributed by atoms with Crippen LogP contribution in [0.1, 0.15) is 36.0 Å². The maximum Gasteiger partial charge on any atom is 0.162 e. The molecule has 1 saturated heterocycles. The van der Waals surface area contributed by atoms with Crippen molar-refractivity contribution in [3.63, 3.8) is 0 Å². The molecule has 2 rings (SSSR count). The second-order valence-corrected chi connectivity index (χ2v) is 6.02. The number of benzene rings is 1. The maximum absolute atomic E-state index is 12.0. The summed E-state index contributed by atoms with van der Waals surface area (Å²) in [6.07, 6.45) is 3.09. The monoisotopic (exact) mass is 325 g/mol. The highest BCUT2D eigenvalue weighted by Crippen LogP contribution is 2.14. The fourth-order valence-electron chi connectivity index (χ4n) is 2.39. The number of carbonyl (C=O) groups excluding carboxylic acids is 1. The van der Waals surface area contributed by atoms with Crippen molar-refractivity contribution in [3.8, 4) is 0 Å². The number of piperidine rings is 1. The molecule has 1 N–H and O–H groups in total. The van der Waals surface area contributed by atoms with Crippen LogP contribution in [-0.4, -0.2) is 41.5 Å². The van der Waals surface area contributed by atoms with Gasteiger partial charge in [-0.05, 0) is 37.9 Å². The molecule has 4 heteroatoms. The van der Waals surface area contributed by atoms with Crippen LogP contribution in [0.3, 0.4) is 0 Å². The van der Waals surface area contributed by atoms with Crippen LogP contribution < -0.4 is 0 Å². The third kappa shape index (κ3) is 4.71. The highest BCUT2D eigenvalue weighted by molar-refractivity contribution is 9.10. The number of carbonyl (C=O) groups is 1. The Bertz CT molecular complexity index is 411. The van der Waals surface area contributed by atoms with Gasteiger partial charge in [-0.3, -0.25) is 4.79 Å². The van der Waals surface area contributed by atoms with Gasteiger partial charge in [0.25, 0.3) is 0 Å². The molecule has 1 aliphatic rings. The number of likely N-dealkylation sites (tertiary alicyclic amines) is 1. The standard InChI is InChI=1S/C15H20BrNO2/c16-13-5-3-12(4-6-13)15(19)2-1-9-17-10-7-14(18)8-11-17/h3-6,14,18H,1-2,7-11H2. The van der Waals surface area contributed by atoms with Crippen LogP contribution in [0.2, 0.25) is 0 Å². The second kappa shape index (κ2) is 7.17. The zero-order valence-electron chi connectivity index (χ0n) is 11.0. The average Bonchev–Trinajstić information content (AvgIpc) is 2.41. The molecule has 0 radical (unpaired) electrons. The maximum atomic E-state index is 12.0. The summed E-state index contributed by atoms with van der Waals surface area (Å²) in [5, 5.41) is 9.43. The Morgan fingerprint density at radius 3 is 2.53 bits per heavy atom. The topological polar surface area (TPSA) is 40.5 Å². The SMILES string of the molecule is O=C(CCCN1CCC(O)CC1)c1ccc(Br)cc1. The molecule has 1 aromatic rings. The molecule has 104 valence electrons. The first kappa shape index (κ1) is 14.7. The number of aliphatic hydroxyl groups excluding tert-OH is 1. The molecule has 0 unspecified atom stereocenters. The summed E-state index contributed by atoms with van der Waals surface area (Å²) in [6.45, 7) is 2.86. The van der Waals surface area contributed by atoms with Crippen LogP contribution in [0.4, 0.5) is 0 Å².